The molecule has 0 aliphatic carbocycles. The lowest BCUT2D eigenvalue weighted by atomic mass is 10.1. The highest BCUT2D eigenvalue weighted by atomic mass is 16.5. The molecule has 0 spiro atoms. The molecule has 1 amide bonds. The van der Waals surface area contributed by atoms with Crippen LogP contribution in [0.25, 0.3) is 0 Å². The van der Waals surface area contributed by atoms with Crippen molar-refractivity contribution in [3.63, 3.8) is 0 Å². The molecule has 1 atom stereocenters. The zero-order valence-corrected chi connectivity index (χ0v) is 10.4. The standard InChI is InChI=1S/C12H17NO5/c1-3-4-5-6-10(14)13-9(12(16)17)7-8-11(15)18-2/h3-6,9H,7-8H2,1-2H3,(H,13,14)(H,16,17)/b4-3?,6-5+/t9-/m0/s1. The predicted molar refractivity (Wildman–Crippen MR) is 64.8 cm³/mol. The Morgan fingerprint density at radius 1 is 1.33 bits per heavy atom. The summed E-state index contributed by atoms with van der Waals surface area (Å²) in [6.07, 6.45) is 6.01. The Hall–Kier alpha value is -2.11. The van der Waals surface area contributed by atoms with Crippen molar-refractivity contribution in [3.8, 4) is 0 Å². The van der Waals surface area contributed by atoms with Crippen LogP contribution in [-0.4, -0.2) is 36.1 Å². The minimum absolute atomic E-state index is 0.00873. The summed E-state index contributed by atoms with van der Waals surface area (Å²) in [6, 6.07) is -1.10. The lowest BCUT2D eigenvalue weighted by Crippen LogP contribution is -2.40. The largest absolute Gasteiger partial charge is 0.480 e. The van der Waals surface area contributed by atoms with Gasteiger partial charge in [-0.15, -0.1) is 0 Å². The van der Waals surface area contributed by atoms with Crippen LogP contribution in [0, 0.1) is 0 Å². The second-order valence-electron chi connectivity index (χ2n) is 3.40. The maximum absolute atomic E-state index is 11.3. The van der Waals surface area contributed by atoms with E-state index in [-0.39, 0.29) is 12.8 Å². The molecule has 0 radical (unpaired) electrons. The molecule has 0 unspecified atom stereocenters. The highest BCUT2D eigenvalue weighted by Crippen LogP contribution is 1.99. The number of amides is 1. The van der Waals surface area contributed by atoms with E-state index in [0.29, 0.717) is 0 Å². The monoisotopic (exact) mass is 255 g/mol. The molecule has 0 aromatic carbocycles. The maximum Gasteiger partial charge on any atom is 0.326 e. The molecule has 0 aromatic rings. The summed E-state index contributed by atoms with van der Waals surface area (Å²) in [4.78, 5) is 33.1. The van der Waals surface area contributed by atoms with Gasteiger partial charge < -0.3 is 15.2 Å². The number of ether oxygens (including phenoxy) is 1. The van der Waals surface area contributed by atoms with Gasteiger partial charge in [0, 0.05) is 12.5 Å². The number of carbonyl (C=O) groups is 3. The molecule has 0 fully saturated rings. The normalized spacial score (nSPS) is 12.6. The summed E-state index contributed by atoms with van der Waals surface area (Å²) in [7, 11) is 1.22. The smallest absolute Gasteiger partial charge is 0.326 e. The van der Waals surface area contributed by atoms with Gasteiger partial charge >= 0.3 is 11.9 Å². The molecule has 0 aliphatic heterocycles. The first kappa shape index (κ1) is 15.9. The highest BCUT2D eigenvalue weighted by molar-refractivity contribution is 5.91. The van der Waals surface area contributed by atoms with E-state index in [2.05, 4.69) is 10.1 Å². The van der Waals surface area contributed by atoms with E-state index in [1.54, 1.807) is 19.1 Å². The number of carboxylic acids is 1. The Kier molecular flexibility index (Phi) is 7.92. The molecule has 0 aliphatic rings. The van der Waals surface area contributed by atoms with Gasteiger partial charge in [0.25, 0.3) is 0 Å². The molecule has 0 rings (SSSR count). The zero-order chi connectivity index (χ0) is 14.0. The minimum Gasteiger partial charge on any atom is -0.480 e. The van der Waals surface area contributed by atoms with Crippen LogP contribution in [0.2, 0.25) is 0 Å². The van der Waals surface area contributed by atoms with Gasteiger partial charge in [-0.25, -0.2) is 4.79 Å². The van der Waals surface area contributed by atoms with Crippen molar-refractivity contribution >= 4 is 17.8 Å². The summed E-state index contributed by atoms with van der Waals surface area (Å²) in [5.74, 6) is -2.22. The number of methoxy groups -OCH3 is 1. The van der Waals surface area contributed by atoms with Crippen LogP contribution in [0.4, 0.5) is 0 Å². The SMILES string of the molecule is CC=C/C=C/C(=O)N[C@@H](CCC(=O)OC)C(=O)O. The molecule has 6 heteroatoms. The lowest BCUT2D eigenvalue weighted by Gasteiger charge is -2.12. The van der Waals surface area contributed by atoms with Crippen molar-refractivity contribution in [2.24, 2.45) is 0 Å². The van der Waals surface area contributed by atoms with Crippen molar-refractivity contribution in [2.45, 2.75) is 25.8 Å². The third kappa shape index (κ3) is 7.21. The topological polar surface area (TPSA) is 92.7 Å². The number of hydrogen-bond donors (Lipinski definition) is 2. The fraction of sp³-hybridized carbons (Fsp3) is 0.417. The van der Waals surface area contributed by atoms with E-state index in [9.17, 15) is 14.4 Å². The molecular weight excluding hydrogens is 238 g/mol. The average molecular weight is 255 g/mol. The van der Waals surface area contributed by atoms with Gasteiger partial charge in [-0.2, -0.15) is 0 Å². The Bertz CT molecular complexity index is 359. The fourth-order valence-corrected chi connectivity index (χ4v) is 1.10. The minimum atomic E-state index is -1.19. The number of rotatable bonds is 7. The van der Waals surface area contributed by atoms with Crippen molar-refractivity contribution in [1.29, 1.82) is 0 Å². The van der Waals surface area contributed by atoms with E-state index in [0.717, 1.165) is 0 Å². The number of esters is 1. The number of hydrogen-bond acceptors (Lipinski definition) is 4. The van der Waals surface area contributed by atoms with Crippen LogP contribution in [-0.2, 0) is 19.1 Å². The zero-order valence-electron chi connectivity index (χ0n) is 10.4. The van der Waals surface area contributed by atoms with Gasteiger partial charge in [0.05, 0.1) is 7.11 Å². The Balaban J connectivity index is 4.31. The van der Waals surface area contributed by atoms with Gasteiger partial charge in [-0.3, -0.25) is 9.59 Å². The predicted octanol–water partition coefficient (Wildman–Crippen LogP) is 0.641. The summed E-state index contributed by atoms with van der Waals surface area (Å²) in [5.41, 5.74) is 0. The van der Waals surface area contributed by atoms with Crippen molar-refractivity contribution in [1.82, 2.24) is 5.32 Å². The highest BCUT2D eigenvalue weighted by Gasteiger charge is 2.20. The van der Waals surface area contributed by atoms with Crippen LogP contribution in [0.15, 0.2) is 24.3 Å². The van der Waals surface area contributed by atoms with Gasteiger partial charge in [-0.1, -0.05) is 18.2 Å². The fourth-order valence-electron chi connectivity index (χ4n) is 1.10. The van der Waals surface area contributed by atoms with Crippen molar-refractivity contribution in [3.05, 3.63) is 24.3 Å². The third-order valence-corrected chi connectivity index (χ3v) is 2.03. The summed E-state index contributed by atoms with van der Waals surface area (Å²) >= 11 is 0. The van der Waals surface area contributed by atoms with Crippen LogP contribution in [0.5, 0.6) is 0 Å². The van der Waals surface area contributed by atoms with Gasteiger partial charge in [0.2, 0.25) is 5.91 Å². The molecule has 18 heavy (non-hydrogen) atoms. The van der Waals surface area contributed by atoms with Gasteiger partial charge in [0.15, 0.2) is 0 Å². The van der Waals surface area contributed by atoms with Crippen molar-refractivity contribution in [2.75, 3.05) is 7.11 Å². The van der Waals surface area contributed by atoms with Crippen LogP contribution in [0.3, 0.4) is 0 Å². The molecule has 0 saturated heterocycles. The lowest BCUT2D eigenvalue weighted by molar-refractivity contribution is -0.143. The van der Waals surface area contributed by atoms with E-state index >= 15 is 0 Å². The Labute approximate surface area is 105 Å². The number of nitrogens with one attached hydrogen (secondary N) is 1. The third-order valence-electron chi connectivity index (χ3n) is 2.03. The van der Waals surface area contributed by atoms with Crippen LogP contribution >= 0.6 is 0 Å². The van der Waals surface area contributed by atoms with Crippen LogP contribution in [0.1, 0.15) is 19.8 Å². The van der Waals surface area contributed by atoms with Crippen molar-refractivity contribution < 1.29 is 24.2 Å². The molecule has 0 bridgehead atoms. The summed E-state index contributed by atoms with van der Waals surface area (Å²) < 4.78 is 4.40. The number of carbonyl (C=O) groups excluding carboxylic acids is 2. The van der Waals surface area contributed by atoms with E-state index in [1.165, 1.54) is 19.3 Å². The Morgan fingerprint density at radius 3 is 2.50 bits per heavy atom. The van der Waals surface area contributed by atoms with Crippen LogP contribution < -0.4 is 5.32 Å². The molecule has 0 aromatic heterocycles. The van der Waals surface area contributed by atoms with Gasteiger partial charge in [0.1, 0.15) is 6.04 Å². The first-order valence-electron chi connectivity index (χ1n) is 5.40. The summed E-state index contributed by atoms with van der Waals surface area (Å²) in [5, 5.41) is 11.2. The first-order valence-corrected chi connectivity index (χ1v) is 5.40. The quantitative estimate of drug-likeness (QED) is 0.395. The number of aliphatic carboxylic acids is 1. The van der Waals surface area contributed by atoms with Gasteiger partial charge in [-0.05, 0) is 13.3 Å². The number of allylic oxidation sites excluding steroid dienone is 3. The second kappa shape index (κ2) is 8.98. The second-order valence-corrected chi connectivity index (χ2v) is 3.40. The molecular formula is C12H17NO5. The molecule has 2 N–H and O–H groups in total. The molecule has 100 valence electrons. The molecule has 0 saturated carbocycles. The van der Waals surface area contributed by atoms with E-state index < -0.39 is 23.9 Å². The summed E-state index contributed by atoms with van der Waals surface area (Å²) in [6.45, 7) is 1.79. The molecule has 0 heterocycles. The van der Waals surface area contributed by atoms with E-state index in [1.807, 2.05) is 0 Å². The first-order chi connectivity index (χ1) is 8.51. The maximum atomic E-state index is 11.3. The molecule has 6 nitrogen and oxygen atoms in total. The Morgan fingerprint density at radius 2 is 2.00 bits per heavy atom. The average Bonchev–Trinajstić information content (AvgIpc) is 2.33. The van der Waals surface area contributed by atoms with E-state index in [4.69, 9.17) is 5.11 Å². The number of carboxylic acid groups (broad SMARTS) is 1.